The molecule has 3 nitrogen and oxygen atoms in total. The first kappa shape index (κ1) is 17.0. The van der Waals surface area contributed by atoms with Crippen molar-refractivity contribution in [2.75, 3.05) is 0 Å². The number of halogens is 1. The summed E-state index contributed by atoms with van der Waals surface area (Å²) < 4.78 is 5.90. The van der Waals surface area contributed by atoms with Crippen molar-refractivity contribution in [3.05, 3.63) is 64.4 Å². The van der Waals surface area contributed by atoms with Crippen LogP contribution in [0.2, 0.25) is 5.02 Å². The van der Waals surface area contributed by atoms with Crippen LogP contribution < -0.4 is 0 Å². The Morgan fingerprint density at radius 2 is 1.70 bits per heavy atom. The van der Waals surface area contributed by atoms with E-state index in [4.69, 9.17) is 16.3 Å². The second kappa shape index (κ2) is 6.22. The molecule has 1 aliphatic carbocycles. The lowest BCUT2D eigenvalue weighted by Crippen LogP contribution is -2.29. The Balaban J connectivity index is 1.63. The summed E-state index contributed by atoms with van der Waals surface area (Å²) in [5.74, 6) is -0.0781. The first-order valence-corrected chi connectivity index (χ1v) is 9.98. The van der Waals surface area contributed by atoms with Crippen LogP contribution >= 0.6 is 11.6 Å². The Labute approximate surface area is 163 Å². The average molecular weight is 381 g/mol. The zero-order valence-corrected chi connectivity index (χ0v) is 15.9. The summed E-state index contributed by atoms with van der Waals surface area (Å²) >= 11 is 6.01. The molecule has 0 saturated carbocycles. The largest absolute Gasteiger partial charge is 0.511 e. The molecule has 2 aromatic rings. The van der Waals surface area contributed by atoms with Crippen molar-refractivity contribution < 1.29 is 14.6 Å². The van der Waals surface area contributed by atoms with Gasteiger partial charge in [-0.25, -0.2) is 0 Å². The first-order valence-electron chi connectivity index (χ1n) is 9.60. The highest BCUT2D eigenvalue weighted by molar-refractivity contribution is 6.30. The van der Waals surface area contributed by atoms with Crippen LogP contribution in [0.15, 0.2) is 48.2 Å². The Kier molecular flexibility index (Phi) is 3.92. The van der Waals surface area contributed by atoms with Gasteiger partial charge in [0.2, 0.25) is 0 Å². The average Bonchev–Trinajstić information content (AvgIpc) is 3.36. The van der Waals surface area contributed by atoms with Gasteiger partial charge in [0.15, 0.2) is 5.78 Å². The lowest BCUT2D eigenvalue weighted by molar-refractivity contribution is -0.118. The number of hydrogen-bond acceptors (Lipinski definition) is 3. The molecule has 138 valence electrons. The van der Waals surface area contributed by atoms with E-state index in [0.29, 0.717) is 10.6 Å². The first-order chi connectivity index (χ1) is 13.1. The maximum Gasteiger partial charge on any atom is 0.173 e. The van der Waals surface area contributed by atoms with Gasteiger partial charge in [-0.15, -0.1) is 0 Å². The SMILES string of the molecule is CCc1ccc(-c2ccc(Cl)cc2)cc1C1=C(O)[C@@H]2C3CCC(O3)[C@@H]2C1=O. The Hall–Kier alpha value is -2.10. The number of fused-ring (bicyclic) bond motifs is 5. The molecule has 0 amide bonds. The fraction of sp³-hybridized carbons (Fsp3) is 0.348. The van der Waals surface area contributed by atoms with Gasteiger partial charge in [0.25, 0.3) is 0 Å². The molecule has 2 saturated heterocycles. The normalized spacial score (nSPS) is 28.9. The van der Waals surface area contributed by atoms with Crippen LogP contribution in [0.5, 0.6) is 0 Å². The molecule has 2 aliphatic heterocycles. The number of ketones is 1. The molecule has 1 N–H and O–H groups in total. The van der Waals surface area contributed by atoms with Crippen LogP contribution in [0.3, 0.4) is 0 Å². The molecule has 3 aliphatic rings. The third-order valence-electron chi connectivity index (χ3n) is 6.33. The van der Waals surface area contributed by atoms with Gasteiger partial charge in [0, 0.05) is 5.02 Å². The Bertz CT molecular complexity index is 960. The van der Waals surface area contributed by atoms with E-state index in [0.717, 1.165) is 41.5 Å². The summed E-state index contributed by atoms with van der Waals surface area (Å²) in [6, 6.07) is 13.8. The van der Waals surface area contributed by atoms with Gasteiger partial charge < -0.3 is 9.84 Å². The third-order valence-corrected chi connectivity index (χ3v) is 6.58. The zero-order chi connectivity index (χ0) is 18.7. The standard InChI is InChI=1S/C23H21ClO3/c1-2-12-3-4-14(13-5-7-15(24)8-6-13)11-16(12)19-22(25)20-17-9-10-18(27-17)21(20)23(19)26/h3-8,11,17-18,20-21,25H,2,9-10H2,1H3/t17?,18?,20-,21+/m1/s1. The predicted octanol–water partition coefficient (Wildman–Crippen LogP) is 5.21. The fourth-order valence-corrected chi connectivity index (χ4v) is 5.15. The van der Waals surface area contributed by atoms with Crippen molar-refractivity contribution >= 4 is 23.0 Å². The van der Waals surface area contributed by atoms with Crippen LogP contribution in [0.4, 0.5) is 0 Å². The fourth-order valence-electron chi connectivity index (χ4n) is 5.03. The number of rotatable bonds is 3. The number of benzene rings is 2. The number of aliphatic hydroxyl groups is 1. The minimum absolute atomic E-state index is 0.00836. The van der Waals surface area contributed by atoms with E-state index in [1.807, 2.05) is 30.3 Å². The minimum Gasteiger partial charge on any atom is -0.511 e. The highest BCUT2D eigenvalue weighted by Gasteiger charge is 2.59. The second-order valence-electron chi connectivity index (χ2n) is 7.70. The van der Waals surface area contributed by atoms with Crippen LogP contribution in [-0.4, -0.2) is 23.1 Å². The number of aliphatic hydroxyl groups excluding tert-OH is 1. The van der Waals surface area contributed by atoms with E-state index in [1.54, 1.807) is 0 Å². The number of Topliss-reactive ketones (excluding diaryl/α,β-unsaturated/α-hetero) is 1. The van der Waals surface area contributed by atoms with Crippen LogP contribution in [0.25, 0.3) is 16.7 Å². The summed E-state index contributed by atoms with van der Waals surface area (Å²) in [7, 11) is 0. The number of aryl methyl sites for hydroxylation is 1. The van der Waals surface area contributed by atoms with Crippen molar-refractivity contribution in [2.45, 2.75) is 38.4 Å². The van der Waals surface area contributed by atoms with Crippen LogP contribution in [-0.2, 0) is 16.0 Å². The molecule has 27 heavy (non-hydrogen) atoms. The molecular formula is C23H21ClO3. The highest BCUT2D eigenvalue weighted by Crippen LogP contribution is 2.53. The number of carbonyl (C=O) groups excluding carboxylic acids is 1. The van der Waals surface area contributed by atoms with Crippen molar-refractivity contribution in [3.8, 4) is 11.1 Å². The number of carbonyl (C=O) groups is 1. The number of allylic oxidation sites excluding steroid dienone is 1. The van der Waals surface area contributed by atoms with Crippen LogP contribution in [0, 0.1) is 11.8 Å². The van der Waals surface area contributed by atoms with Crippen molar-refractivity contribution in [2.24, 2.45) is 11.8 Å². The minimum atomic E-state index is -0.206. The van der Waals surface area contributed by atoms with Gasteiger partial charge in [-0.2, -0.15) is 0 Å². The second-order valence-corrected chi connectivity index (χ2v) is 8.14. The molecule has 2 aromatic carbocycles. The molecule has 4 heteroatoms. The summed E-state index contributed by atoms with van der Waals surface area (Å²) in [6.07, 6.45) is 2.62. The lowest BCUT2D eigenvalue weighted by Gasteiger charge is -2.19. The summed E-state index contributed by atoms with van der Waals surface area (Å²) in [5, 5.41) is 11.7. The maximum atomic E-state index is 13.2. The van der Waals surface area contributed by atoms with E-state index in [2.05, 4.69) is 19.1 Å². The van der Waals surface area contributed by atoms with Gasteiger partial charge in [0.1, 0.15) is 5.76 Å². The molecule has 0 aromatic heterocycles. The maximum absolute atomic E-state index is 13.2. The molecule has 2 heterocycles. The van der Waals surface area contributed by atoms with E-state index in [-0.39, 0.29) is 35.6 Å². The quantitative estimate of drug-likeness (QED) is 0.794. The summed E-state index contributed by atoms with van der Waals surface area (Å²) in [6.45, 7) is 2.07. The van der Waals surface area contributed by atoms with Crippen molar-refractivity contribution in [1.29, 1.82) is 0 Å². The lowest BCUT2D eigenvalue weighted by atomic mass is 9.80. The molecule has 2 fully saturated rings. The molecule has 5 rings (SSSR count). The smallest absolute Gasteiger partial charge is 0.173 e. The van der Waals surface area contributed by atoms with Gasteiger partial charge in [-0.05, 0) is 59.7 Å². The molecule has 0 radical (unpaired) electrons. The van der Waals surface area contributed by atoms with E-state index < -0.39 is 0 Å². The van der Waals surface area contributed by atoms with Crippen molar-refractivity contribution in [1.82, 2.24) is 0 Å². The monoisotopic (exact) mass is 380 g/mol. The predicted molar refractivity (Wildman–Crippen MR) is 106 cm³/mol. The van der Waals surface area contributed by atoms with E-state index in [9.17, 15) is 9.90 Å². The Morgan fingerprint density at radius 1 is 1.04 bits per heavy atom. The van der Waals surface area contributed by atoms with Gasteiger partial charge in [-0.3, -0.25) is 4.79 Å². The van der Waals surface area contributed by atoms with Gasteiger partial charge in [-0.1, -0.05) is 42.8 Å². The summed E-state index contributed by atoms with van der Waals surface area (Å²) in [4.78, 5) is 13.2. The molecule has 0 spiro atoms. The number of ether oxygens (including phenoxy) is 1. The third kappa shape index (κ3) is 2.49. The highest BCUT2D eigenvalue weighted by atomic mass is 35.5. The van der Waals surface area contributed by atoms with Gasteiger partial charge in [0.05, 0.1) is 29.6 Å². The van der Waals surface area contributed by atoms with Gasteiger partial charge >= 0.3 is 0 Å². The van der Waals surface area contributed by atoms with Crippen LogP contribution in [0.1, 0.15) is 30.9 Å². The van der Waals surface area contributed by atoms with Crippen molar-refractivity contribution in [3.63, 3.8) is 0 Å². The Morgan fingerprint density at radius 3 is 2.37 bits per heavy atom. The van der Waals surface area contributed by atoms with E-state index in [1.165, 1.54) is 0 Å². The topological polar surface area (TPSA) is 46.5 Å². The molecule has 2 unspecified atom stereocenters. The summed E-state index contributed by atoms with van der Waals surface area (Å²) in [5.41, 5.74) is 4.51. The zero-order valence-electron chi connectivity index (χ0n) is 15.1. The molecule has 2 bridgehead atoms. The van der Waals surface area contributed by atoms with E-state index >= 15 is 0 Å². The number of hydrogen-bond donors (Lipinski definition) is 1. The molecule has 4 atom stereocenters. The molecular weight excluding hydrogens is 360 g/mol.